The molecule has 0 aliphatic heterocycles. The van der Waals surface area contributed by atoms with Crippen LogP contribution < -0.4 is 4.74 Å². The van der Waals surface area contributed by atoms with E-state index in [1.54, 1.807) is 0 Å². The Balaban J connectivity index is 1.31. The van der Waals surface area contributed by atoms with Gasteiger partial charge >= 0.3 is 0 Å². The lowest BCUT2D eigenvalue weighted by Gasteiger charge is -2.12. The number of benzene rings is 5. The third-order valence-corrected chi connectivity index (χ3v) is 7.46. The summed E-state index contributed by atoms with van der Waals surface area (Å²) in [5.74, 6) is 1.71. The SMILES string of the molecule is Cc1ccc(-c2ccc(-c3ccc(-c4cccc5c(Oc6ccccc6)cccc45)cc3)s2)cc1. The van der Waals surface area contributed by atoms with E-state index in [0.717, 1.165) is 16.9 Å². The van der Waals surface area contributed by atoms with Gasteiger partial charge in [0, 0.05) is 15.1 Å². The molecule has 1 heterocycles. The molecule has 168 valence electrons. The summed E-state index contributed by atoms with van der Waals surface area (Å²) in [4.78, 5) is 2.58. The van der Waals surface area contributed by atoms with Crippen molar-refractivity contribution in [3.05, 3.63) is 133 Å². The van der Waals surface area contributed by atoms with Crippen LogP contribution in [0.5, 0.6) is 11.5 Å². The Kier molecular flexibility index (Phi) is 5.65. The van der Waals surface area contributed by atoms with Gasteiger partial charge in [-0.05, 0) is 64.9 Å². The average molecular weight is 469 g/mol. The van der Waals surface area contributed by atoms with Gasteiger partial charge in [0.05, 0.1) is 0 Å². The molecule has 0 N–H and O–H groups in total. The number of rotatable bonds is 5. The molecule has 35 heavy (non-hydrogen) atoms. The first-order valence-corrected chi connectivity index (χ1v) is 12.6. The van der Waals surface area contributed by atoms with Crippen LogP contribution in [0.25, 0.3) is 42.8 Å². The molecule has 0 radical (unpaired) electrons. The number of para-hydroxylation sites is 1. The van der Waals surface area contributed by atoms with Crippen molar-refractivity contribution in [1.29, 1.82) is 0 Å². The molecule has 0 saturated heterocycles. The highest BCUT2D eigenvalue weighted by molar-refractivity contribution is 7.18. The molecule has 0 saturated carbocycles. The summed E-state index contributed by atoms with van der Waals surface area (Å²) in [5, 5.41) is 2.30. The molecular weight excluding hydrogens is 444 g/mol. The minimum absolute atomic E-state index is 0.843. The number of ether oxygens (including phenoxy) is 1. The summed E-state index contributed by atoms with van der Waals surface area (Å²) in [6.07, 6.45) is 0. The van der Waals surface area contributed by atoms with E-state index in [1.807, 2.05) is 47.7 Å². The molecule has 0 amide bonds. The van der Waals surface area contributed by atoms with Gasteiger partial charge in [0.2, 0.25) is 0 Å². The van der Waals surface area contributed by atoms with Crippen LogP contribution in [-0.2, 0) is 0 Å². The van der Waals surface area contributed by atoms with Gasteiger partial charge in [-0.2, -0.15) is 0 Å². The lowest BCUT2D eigenvalue weighted by atomic mass is 9.97. The smallest absolute Gasteiger partial charge is 0.135 e. The van der Waals surface area contributed by atoms with E-state index in [-0.39, 0.29) is 0 Å². The van der Waals surface area contributed by atoms with Crippen LogP contribution in [0, 0.1) is 6.92 Å². The molecule has 0 unspecified atom stereocenters. The van der Waals surface area contributed by atoms with Crippen LogP contribution in [0.4, 0.5) is 0 Å². The molecule has 2 heteroatoms. The molecule has 5 aromatic carbocycles. The van der Waals surface area contributed by atoms with Gasteiger partial charge in [-0.3, -0.25) is 0 Å². The minimum Gasteiger partial charge on any atom is -0.457 e. The third kappa shape index (κ3) is 4.37. The van der Waals surface area contributed by atoms with Crippen LogP contribution in [-0.4, -0.2) is 0 Å². The zero-order valence-corrected chi connectivity index (χ0v) is 20.3. The molecule has 0 aliphatic carbocycles. The second-order valence-electron chi connectivity index (χ2n) is 8.68. The quantitative estimate of drug-likeness (QED) is 0.244. The van der Waals surface area contributed by atoms with Gasteiger partial charge in [-0.15, -0.1) is 11.3 Å². The van der Waals surface area contributed by atoms with Crippen LogP contribution in [0.3, 0.4) is 0 Å². The summed E-state index contributed by atoms with van der Waals surface area (Å²) in [5.41, 5.74) is 6.21. The maximum absolute atomic E-state index is 6.21. The summed E-state index contributed by atoms with van der Waals surface area (Å²) >= 11 is 1.84. The van der Waals surface area contributed by atoms with E-state index < -0.39 is 0 Å². The number of fused-ring (bicyclic) bond motifs is 1. The Morgan fingerprint density at radius 2 is 1.09 bits per heavy atom. The van der Waals surface area contributed by atoms with Crippen molar-refractivity contribution in [1.82, 2.24) is 0 Å². The lowest BCUT2D eigenvalue weighted by Crippen LogP contribution is -1.87. The van der Waals surface area contributed by atoms with Gasteiger partial charge in [0.15, 0.2) is 0 Å². The van der Waals surface area contributed by atoms with Crippen LogP contribution in [0.1, 0.15) is 5.56 Å². The van der Waals surface area contributed by atoms with E-state index >= 15 is 0 Å². The Morgan fingerprint density at radius 3 is 1.80 bits per heavy atom. The zero-order chi connectivity index (χ0) is 23.6. The molecule has 0 aliphatic rings. The number of thiophene rings is 1. The predicted octanol–water partition coefficient (Wildman–Crippen LogP) is 10.0. The van der Waals surface area contributed by atoms with Gasteiger partial charge in [-0.1, -0.05) is 103 Å². The molecule has 0 spiro atoms. The molecule has 0 atom stereocenters. The Labute approximate surface area is 209 Å². The van der Waals surface area contributed by atoms with Gasteiger partial charge in [-0.25, -0.2) is 0 Å². The molecule has 6 aromatic rings. The van der Waals surface area contributed by atoms with E-state index in [9.17, 15) is 0 Å². The summed E-state index contributed by atoms with van der Waals surface area (Å²) in [6, 6.07) is 44.7. The number of aryl methyl sites for hydroxylation is 1. The van der Waals surface area contributed by atoms with Gasteiger partial charge in [0.1, 0.15) is 11.5 Å². The highest BCUT2D eigenvalue weighted by Gasteiger charge is 2.10. The van der Waals surface area contributed by atoms with E-state index in [0.29, 0.717) is 0 Å². The maximum Gasteiger partial charge on any atom is 0.135 e. The topological polar surface area (TPSA) is 9.23 Å². The van der Waals surface area contributed by atoms with Crippen molar-refractivity contribution >= 4 is 22.1 Å². The van der Waals surface area contributed by atoms with Gasteiger partial charge in [0.25, 0.3) is 0 Å². The monoisotopic (exact) mass is 468 g/mol. The fraction of sp³-hybridized carbons (Fsp3) is 0.0303. The second kappa shape index (κ2) is 9.25. The van der Waals surface area contributed by atoms with Crippen molar-refractivity contribution in [3.63, 3.8) is 0 Å². The van der Waals surface area contributed by atoms with Crippen molar-refractivity contribution in [3.8, 4) is 43.5 Å². The van der Waals surface area contributed by atoms with Crippen LogP contribution in [0.15, 0.2) is 127 Å². The van der Waals surface area contributed by atoms with E-state index in [1.165, 1.54) is 43.0 Å². The van der Waals surface area contributed by atoms with Crippen molar-refractivity contribution in [2.75, 3.05) is 0 Å². The maximum atomic E-state index is 6.21. The predicted molar refractivity (Wildman–Crippen MR) is 149 cm³/mol. The highest BCUT2D eigenvalue weighted by Crippen LogP contribution is 2.38. The fourth-order valence-electron chi connectivity index (χ4n) is 4.42. The summed E-state index contributed by atoms with van der Waals surface area (Å²) in [7, 11) is 0. The van der Waals surface area contributed by atoms with Crippen molar-refractivity contribution < 1.29 is 4.74 Å². The van der Waals surface area contributed by atoms with E-state index in [4.69, 9.17) is 4.74 Å². The first-order chi connectivity index (χ1) is 17.2. The first kappa shape index (κ1) is 21.4. The van der Waals surface area contributed by atoms with E-state index in [2.05, 4.69) is 97.9 Å². The highest BCUT2D eigenvalue weighted by atomic mass is 32.1. The average Bonchev–Trinajstić information content (AvgIpc) is 3.40. The Morgan fingerprint density at radius 1 is 0.486 bits per heavy atom. The number of hydrogen-bond donors (Lipinski definition) is 0. The molecule has 1 nitrogen and oxygen atoms in total. The summed E-state index contributed by atoms with van der Waals surface area (Å²) in [6.45, 7) is 2.12. The normalized spacial score (nSPS) is 11.0. The second-order valence-corrected chi connectivity index (χ2v) is 9.76. The standard InChI is InChI=1S/C33H24OS/c1-23-13-15-25(16-14-23)32-21-22-33(35-32)26-19-17-24(18-20-26)28-9-5-11-30-29(28)10-6-12-31(30)34-27-7-3-2-4-8-27/h2-22H,1H3. The molecule has 6 rings (SSSR count). The largest absolute Gasteiger partial charge is 0.457 e. The van der Waals surface area contributed by atoms with Crippen LogP contribution in [0.2, 0.25) is 0 Å². The molecule has 0 fully saturated rings. The molecule has 1 aromatic heterocycles. The minimum atomic E-state index is 0.843. The first-order valence-electron chi connectivity index (χ1n) is 11.8. The van der Waals surface area contributed by atoms with Crippen LogP contribution >= 0.6 is 11.3 Å². The Hall–Kier alpha value is -4.14. The summed E-state index contributed by atoms with van der Waals surface area (Å²) < 4.78 is 6.21. The lowest BCUT2D eigenvalue weighted by molar-refractivity contribution is 0.488. The molecule has 0 bridgehead atoms. The van der Waals surface area contributed by atoms with Crippen molar-refractivity contribution in [2.24, 2.45) is 0 Å². The fourth-order valence-corrected chi connectivity index (χ4v) is 5.43. The number of hydrogen-bond acceptors (Lipinski definition) is 2. The third-order valence-electron chi connectivity index (χ3n) is 6.28. The van der Waals surface area contributed by atoms with Crippen molar-refractivity contribution in [2.45, 2.75) is 6.92 Å². The Bertz CT molecular complexity index is 1590. The zero-order valence-electron chi connectivity index (χ0n) is 19.4. The molecular formula is C33H24OS. The van der Waals surface area contributed by atoms with Gasteiger partial charge < -0.3 is 4.74 Å².